The van der Waals surface area contributed by atoms with Crippen LogP contribution in [0.4, 0.5) is 11.6 Å². The van der Waals surface area contributed by atoms with Crippen molar-refractivity contribution in [2.75, 3.05) is 5.32 Å². The normalized spacial score (nSPS) is 10.9. The summed E-state index contributed by atoms with van der Waals surface area (Å²) in [5, 5.41) is 30.7. The number of hydrogen-bond acceptors (Lipinski definition) is 6. The molecule has 2 aromatic carbocycles. The molecule has 0 aliphatic rings. The standard InChI is InChI=1S/C18H15N5O2/c1-10-8-16(23-22-10)20-17-12-4-2-3-5-14(12)19-18(21-17)13-7-6-11(24)9-15(13)25/h2-9,24-25H,1H3,(H2,19,20,21,22,23). The highest BCUT2D eigenvalue weighted by molar-refractivity contribution is 5.92. The van der Waals surface area contributed by atoms with E-state index in [-0.39, 0.29) is 11.5 Å². The first-order chi connectivity index (χ1) is 12.1. The molecule has 0 saturated carbocycles. The maximum absolute atomic E-state index is 10.1. The molecule has 0 atom stereocenters. The van der Waals surface area contributed by atoms with Crippen molar-refractivity contribution in [2.24, 2.45) is 0 Å². The summed E-state index contributed by atoms with van der Waals surface area (Å²) in [6.45, 7) is 1.91. The molecule has 7 heteroatoms. The monoisotopic (exact) mass is 333 g/mol. The SMILES string of the molecule is Cc1cc(Nc2nc(-c3ccc(O)cc3O)nc3ccccc23)n[nH]1. The average Bonchev–Trinajstić information content (AvgIpc) is 2.99. The molecule has 0 unspecified atom stereocenters. The van der Waals surface area contributed by atoms with Crippen LogP contribution in [0.25, 0.3) is 22.3 Å². The number of aromatic hydroxyl groups is 2. The minimum absolute atomic E-state index is 0.0209. The quantitative estimate of drug-likeness (QED) is 0.457. The molecule has 4 N–H and O–H groups in total. The second-order valence-corrected chi connectivity index (χ2v) is 5.68. The molecule has 0 radical (unpaired) electrons. The van der Waals surface area contributed by atoms with Crippen molar-refractivity contribution in [1.29, 1.82) is 0 Å². The first kappa shape index (κ1) is 14.9. The lowest BCUT2D eigenvalue weighted by Gasteiger charge is -2.10. The number of phenolic OH excluding ortho intramolecular Hbond substituents is 2. The summed E-state index contributed by atoms with van der Waals surface area (Å²) in [4.78, 5) is 9.07. The van der Waals surface area contributed by atoms with E-state index in [4.69, 9.17) is 0 Å². The number of nitrogens with one attached hydrogen (secondary N) is 2. The summed E-state index contributed by atoms with van der Waals surface area (Å²) in [6, 6.07) is 13.8. The Morgan fingerprint density at radius 3 is 2.60 bits per heavy atom. The number of hydrogen-bond donors (Lipinski definition) is 4. The van der Waals surface area contributed by atoms with Crippen molar-refractivity contribution in [2.45, 2.75) is 6.92 Å². The van der Waals surface area contributed by atoms with Gasteiger partial charge in [-0.2, -0.15) is 5.10 Å². The number of para-hydroxylation sites is 1. The van der Waals surface area contributed by atoms with Gasteiger partial charge in [-0.3, -0.25) is 5.10 Å². The van der Waals surface area contributed by atoms with Gasteiger partial charge in [0, 0.05) is 23.2 Å². The van der Waals surface area contributed by atoms with Crippen molar-refractivity contribution in [3.63, 3.8) is 0 Å². The Bertz CT molecular complexity index is 1070. The number of fused-ring (bicyclic) bond motifs is 1. The molecule has 0 fully saturated rings. The summed E-state index contributed by atoms with van der Waals surface area (Å²) in [7, 11) is 0. The lowest BCUT2D eigenvalue weighted by atomic mass is 10.1. The molecule has 0 bridgehead atoms. The van der Waals surface area contributed by atoms with Gasteiger partial charge in [0.15, 0.2) is 11.6 Å². The minimum atomic E-state index is -0.0863. The first-order valence-corrected chi connectivity index (χ1v) is 7.68. The molecule has 0 aliphatic heterocycles. The number of nitrogens with zero attached hydrogens (tertiary/aromatic N) is 3. The van der Waals surface area contributed by atoms with Gasteiger partial charge in [0.25, 0.3) is 0 Å². The molecule has 25 heavy (non-hydrogen) atoms. The number of rotatable bonds is 3. The third-order valence-corrected chi connectivity index (χ3v) is 3.78. The van der Waals surface area contributed by atoms with Crippen LogP contribution in [-0.4, -0.2) is 30.4 Å². The zero-order valence-corrected chi connectivity index (χ0v) is 13.4. The number of anilines is 2. The van der Waals surface area contributed by atoms with Crippen LogP contribution >= 0.6 is 0 Å². The van der Waals surface area contributed by atoms with E-state index in [1.165, 1.54) is 12.1 Å². The number of aromatic amines is 1. The molecule has 124 valence electrons. The van der Waals surface area contributed by atoms with Gasteiger partial charge in [0.2, 0.25) is 0 Å². The highest BCUT2D eigenvalue weighted by atomic mass is 16.3. The van der Waals surface area contributed by atoms with Crippen LogP contribution in [0.3, 0.4) is 0 Å². The van der Waals surface area contributed by atoms with Crippen LogP contribution in [0.5, 0.6) is 11.5 Å². The van der Waals surface area contributed by atoms with Crippen molar-refractivity contribution in [1.82, 2.24) is 20.2 Å². The van der Waals surface area contributed by atoms with Gasteiger partial charge < -0.3 is 15.5 Å². The van der Waals surface area contributed by atoms with Crippen LogP contribution in [0, 0.1) is 6.92 Å². The van der Waals surface area contributed by atoms with Crippen LogP contribution in [0.1, 0.15) is 5.69 Å². The minimum Gasteiger partial charge on any atom is -0.508 e. The molecule has 0 amide bonds. The van der Waals surface area contributed by atoms with E-state index < -0.39 is 0 Å². The third-order valence-electron chi connectivity index (χ3n) is 3.78. The number of aryl methyl sites for hydroxylation is 1. The first-order valence-electron chi connectivity index (χ1n) is 7.68. The Hall–Kier alpha value is -3.61. The van der Waals surface area contributed by atoms with Crippen LogP contribution < -0.4 is 5.32 Å². The largest absolute Gasteiger partial charge is 0.508 e. The van der Waals surface area contributed by atoms with Gasteiger partial charge in [0.1, 0.15) is 17.3 Å². The van der Waals surface area contributed by atoms with Gasteiger partial charge in [0.05, 0.1) is 11.1 Å². The fourth-order valence-electron chi connectivity index (χ4n) is 2.60. The Morgan fingerprint density at radius 1 is 1.00 bits per heavy atom. The number of phenols is 2. The maximum atomic E-state index is 10.1. The summed E-state index contributed by atoms with van der Waals surface area (Å²) in [5.74, 6) is 1.47. The predicted molar refractivity (Wildman–Crippen MR) is 94.9 cm³/mol. The van der Waals surface area contributed by atoms with Gasteiger partial charge in [-0.15, -0.1) is 0 Å². The Balaban J connectivity index is 1.88. The van der Waals surface area contributed by atoms with Crippen LogP contribution in [0.2, 0.25) is 0 Å². The van der Waals surface area contributed by atoms with E-state index in [2.05, 4.69) is 25.5 Å². The van der Waals surface area contributed by atoms with E-state index in [0.29, 0.717) is 23.0 Å². The molecule has 0 aliphatic carbocycles. The fourth-order valence-corrected chi connectivity index (χ4v) is 2.60. The van der Waals surface area contributed by atoms with Crippen molar-refractivity contribution >= 4 is 22.5 Å². The average molecular weight is 333 g/mol. The van der Waals surface area contributed by atoms with Gasteiger partial charge in [-0.1, -0.05) is 12.1 Å². The maximum Gasteiger partial charge on any atom is 0.165 e. The van der Waals surface area contributed by atoms with Crippen LogP contribution in [0.15, 0.2) is 48.5 Å². The number of aromatic nitrogens is 4. The lowest BCUT2D eigenvalue weighted by molar-refractivity contribution is 0.451. The van der Waals surface area contributed by atoms with E-state index in [9.17, 15) is 10.2 Å². The second-order valence-electron chi connectivity index (χ2n) is 5.68. The summed E-state index contributed by atoms with van der Waals surface area (Å²) in [5.41, 5.74) is 2.09. The Morgan fingerprint density at radius 2 is 1.84 bits per heavy atom. The molecule has 4 aromatic rings. The molecule has 0 spiro atoms. The van der Waals surface area contributed by atoms with E-state index in [0.717, 1.165) is 16.6 Å². The molecule has 0 saturated heterocycles. The summed E-state index contributed by atoms with van der Waals surface area (Å²) in [6.07, 6.45) is 0. The smallest absolute Gasteiger partial charge is 0.165 e. The molecule has 2 heterocycles. The van der Waals surface area contributed by atoms with Crippen molar-refractivity contribution < 1.29 is 10.2 Å². The number of H-pyrrole nitrogens is 1. The van der Waals surface area contributed by atoms with Crippen LogP contribution in [-0.2, 0) is 0 Å². The van der Waals surface area contributed by atoms with E-state index >= 15 is 0 Å². The van der Waals surface area contributed by atoms with Gasteiger partial charge in [-0.05, 0) is 31.2 Å². The lowest BCUT2D eigenvalue weighted by Crippen LogP contribution is -1.99. The highest BCUT2D eigenvalue weighted by Gasteiger charge is 2.13. The molecule has 4 rings (SSSR count). The van der Waals surface area contributed by atoms with E-state index in [1.54, 1.807) is 6.07 Å². The molecular weight excluding hydrogens is 318 g/mol. The van der Waals surface area contributed by atoms with Gasteiger partial charge in [-0.25, -0.2) is 9.97 Å². The summed E-state index contributed by atoms with van der Waals surface area (Å²) < 4.78 is 0. The molecular formula is C18H15N5O2. The van der Waals surface area contributed by atoms with E-state index in [1.807, 2.05) is 37.3 Å². The Kier molecular flexibility index (Phi) is 3.46. The number of benzene rings is 2. The molecule has 2 aromatic heterocycles. The zero-order valence-electron chi connectivity index (χ0n) is 13.4. The topological polar surface area (TPSA) is 107 Å². The fraction of sp³-hybridized carbons (Fsp3) is 0.0556. The Labute approximate surface area is 143 Å². The predicted octanol–water partition coefficient (Wildman–Crippen LogP) is 3.48. The summed E-state index contributed by atoms with van der Waals surface area (Å²) >= 11 is 0. The second kappa shape index (κ2) is 5.79. The third kappa shape index (κ3) is 2.83. The van der Waals surface area contributed by atoms with Crippen molar-refractivity contribution in [3.05, 3.63) is 54.2 Å². The highest BCUT2D eigenvalue weighted by Crippen LogP contribution is 2.33. The molecule has 7 nitrogen and oxygen atoms in total. The zero-order chi connectivity index (χ0) is 17.4. The van der Waals surface area contributed by atoms with Gasteiger partial charge >= 0.3 is 0 Å². The van der Waals surface area contributed by atoms with Crippen molar-refractivity contribution in [3.8, 4) is 22.9 Å².